The first-order valence-electron chi connectivity index (χ1n) is 9.25. The summed E-state index contributed by atoms with van der Waals surface area (Å²) in [6.45, 7) is 5.20. The van der Waals surface area contributed by atoms with Crippen LogP contribution in [0.5, 0.6) is 0 Å². The van der Waals surface area contributed by atoms with Gasteiger partial charge in [-0.1, -0.05) is 6.07 Å². The van der Waals surface area contributed by atoms with E-state index in [1.165, 1.54) is 21.6 Å². The van der Waals surface area contributed by atoms with Gasteiger partial charge in [-0.15, -0.1) is 0 Å². The standard InChI is InChI=1S/C21H19BrFN5O2/c1-11-5-6-14(8-16(11)23)28-12(2)7-15(13(28)3)17(29)9-27-10-24-20-18(21(27)30)19(22)25-26(20)4/h5-8,10H,9H2,1-4H3. The Hall–Kier alpha value is -3.07. The van der Waals surface area contributed by atoms with Crippen molar-refractivity contribution < 1.29 is 9.18 Å². The lowest BCUT2D eigenvalue weighted by Gasteiger charge is -2.11. The maximum Gasteiger partial charge on any atom is 0.266 e. The SMILES string of the molecule is Cc1ccc(-n2c(C)cc(C(=O)Cn3cnc4c(c(Br)nn4C)c3=O)c2C)cc1F. The Kier molecular flexibility index (Phi) is 4.93. The molecule has 0 aliphatic heterocycles. The first-order chi connectivity index (χ1) is 14.2. The van der Waals surface area contributed by atoms with Gasteiger partial charge in [-0.2, -0.15) is 5.10 Å². The lowest BCUT2D eigenvalue weighted by molar-refractivity contribution is 0.0970. The summed E-state index contributed by atoms with van der Waals surface area (Å²) in [5.74, 6) is -0.536. The fourth-order valence-electron chi connectivity index (χ4n) is 3.65. The van der Waals surface area contributed by atoms with Gasteiger partial charge in [0.05, 0.1) is 6.54 Å². The summed E-state index contributed by atoms with van der Waals surface area (Å²) in [5, 5.41) is 4.47. The molecule has 9 heteroatoms. The summed E-state index contributed by atoms with van der Waals surface area (Å²) in [6, 6.07) is 6.73. The molecule has 0 atom stereocenters. The molecule has 0 aliphatic rings. The Morgan fingerprint density at radius 1 is 1.20 bits per heavy atom. The van der Waals surface area contributed by atoms with Crippen LogP contribution in [-0.4, -0.2) is 29.7 Å². The van der Waals surface area contributed by atoms with Gasteiger partial charge < -0.3 is 4.57 Å². The second kappa shape index (κ2) is 7.32. The minimum atomic E-state index is -0.345. The van der Waals surface area contributed by atoms with E-state index in [9.17, 15) is 14.0 Å². The lowest BCUT2D eigenvalue weighted by atomic mass is 10.1. The van der Waals surface area contributed by atoms with Crippen molar-refractivity contribution in [2.45, 2.75) is 27.3 Å². The maximum atomic E-state index is 14.1. The number of aromatic nitrogens is 5. The zero-order valence-corrected chi connectivity index (χ0v) is 18.5. The number of hydrogen-bond acceptors (Lipinski definition) is 4. The number of Topliss-reactive ketones (excluding diaryl/α,β-unsaturated/α-hetero) is 1. The van der Waals surface area contributed by atoms with Gasteiger partial charge in [0.2, 0.25) is 0 Å². The number of carbonyl (C=O) groups excluding carboxylic acids is 1. The topological polar surface area (TPSA) is 74.7 Å². The molecular weight excluding hydrogens is 453 g/mol. The molecule has 0 bridgehead atoms. The van der Waals surface area contributed by atoms with Crippen molar-refractivity contribution in [3.63, 3.8) is 0 Å². The van der Waals surface area contributed by atoms with Crippen molar-refractivity contribution in [3.05, 3.63) is 73.9 Å². The summed E-state index contributed by atoms with van der Waals surface area (Å²) >= 11 is 3.27. The van der Waals surface area contributed by atoms with E-state index in [1.54, 1.807) is 33.0 Å². The monoisotopic (exact) mass is 471 g/mol. The van der Waals surface area contributed by atoms with Crippen LogP contribution in [0.25, 0.3) is 16.7 Å². The van der Waals surface area contributed by atoms with Gasteiger partial charge in [-0.05, 0) is 60.5 Å². The molecule has 7 nitrogen and oxygen atoms in total. The zero-order chi connectivity index (χ0) is 21.7. The molecule has 0 fully saturated rings. The average Bonchev–Trinajstić information content (AvgIpc) is 3.15. The predicted octanol–water partition coefficient (Wildman–Crippen LogP) is 3.63. The molecule has 0 amide bonds. The van der Waals surface area contributed by atoms with Crippen molar-refractivity contribution in [2.75, 3.05) is 0 Å². The summed E-state index contributed by atoms with van der Waals surface area (Å²) in [4.78, 5) is 30.1. The van der Waals surface area contributed by atoms with Crippen molar-refractivity contribution >= 4 is 32.7 Å². The molecule has 4 aromatic rings. The summed E-state index contributed by atoms with van der Waals surface area (Å²) in [7, 11) is 1.69. The van der Waals surface area contributed by atoms with Crippen LogP contribution in [0.2, 0.25) is 0 Å². The molecular formula is C21H19BrFN5O2. The largest absolute Gasteiger partial charge is 0.318 e. The molecule has 0 saturated heterocycles. The number of rotatable bonds is 4. The second-order valence-electron chi connectivity index (χ2n) is 7.27. The molecule has 0 spiro atoms. The van der Waals surface area contributed by atoms with Crippen molar-refractivity contribution in [2.24, 2.45) is 7.05 Å². The number of halogens is 2. The van der Waals surface area contributed by atoms with E-state index in [2.05, 4.69) is 26.0 Å². The number of nitrogens with zero attached hydrogens (tertiary/aromatic N) is 5. The maximum absolute atomic E-state index is 14.1. The third-order valence-electron chi connectivity index (χ3n) is 5.23. The van der Waals surface area contributed by atoms with E-state index < -0.39 is 0 Å². The first-order valence-corrected chi connectivity index (χ1v) is 10.0. The van der Waals surface area contributed by atoms with Gasteiger partial charge in [0.25, 0.3) is 5.56 Å². The van der Waals surface area contributed by atoms with Gasteiger partial charge in [0.1, 0.15) is 22.1 Å². The summed E-state index contributed by atoms with van der Waals surface area (Å²) in [5.41, 5.74) is 3.26. The quantitative estimate of drug-likeness (QED) is 0.426. The van der Waals surface area contributed by atoms with Crippen LogP contribution in [0.15, 0.2) is 40.0 Å². The van der Waals surface area contributed by atoms with Gasteiger partial charge in [0.15, 0.2) is 11.4 Å². The van der Waals surface area contributed by atoms with Crippen LogP contribution in [0.1, 0.15) is 27.3 Å². The van der Waals surface area contributed by atoms with Crippen LogP contribution in [0.4, 0.5) is 4.39 Å². The zero-order valence-electron chi connectivity index (χ0n) is 16.9. The van der Waals surface area contributed by atoms with E-state index in [1.807, 2.05) is 17.6 Å². The van der Waals surface area contributed by atoms with Crippen molar-refractivity contribution in [3.8, 4) is 5.69 Å². The van der Waals surface area contributed by atoms with Crippen molar-refractivity contribution in [1.82, 2.24) is 23.9 Å². The molecule has 154 valence electrons. The van der Waals surface area contributed by atoms with Gasteiger partial charge in [0, 0.05) is 29.7 Å². The van der Waals surface area contributed by atoms with Gasteiger partial charge in [-0.3, -0.25) is 14.2 Å². The van der Waals surface area contributed by atoms with Crippen LogP contribution in [0, 0.1) is 26.6 Å². The number of ketones is 1. The van der Waals surface area contributed by atoms with Gasteiger partial charge >= 0.3 is 0 Å². The molecule has 3 heterocycles. The van der Waals surface area contributed by atoms with E-state index in [4.69, 9.17) is 0 Å². The number of aryl methyl sites for hydroxylation is 3. The molecule has 0 unspecified atom stereocenters. The van der Waals surface area contributed by atoms with Crippen LogP contribution < -0.4 is 5.56 Å². The van der Waals surface area contributed by atoms with Crippen LogP contribution in [-0.2, 0) is 13.6 Å². The fraction of sp³-hybridized carbons (Fsp3) is 0.238. The highest BCUT2D eigenvalue weighted by Crippen LogP contribution is 2.23. The Bertz CT molecular complexity index is 1380. The highest BCUT2D eigenvalue weighted by Gasteiger charge is 2.20. The molecule has 1 aromatic carbocycles. The first kappa shape index (κ1) is 20.2. The van der Waals surface area contributed by atoms with E-state index in [0.29, 0.717) is 38.1 Å². The molecule has 4 rings (SSSR count). The minimum Gasteiger partial charge on any atom is -0.318 e. The molecule has 0 aliphatic carbocycles. The van der Waals surface area contributed by atoms with E-state index in [0.717, 1.165) is 5.69 Å². The molecule has 0 N–H and O–H groups in total. The summed E-state index contributed by atoms with van der Waals surface area (Å²) in [6.07, 6.45) is 1.35. The Morgan fingerprint density at radius 3 is 2.63 bits per heavy atom. The Morgan fingerprint density at radius 2 is 1.93 bits per heavy atom. The number of benzene rings is 1. The Labute approximate surface area is 179 Å². The predicted molar refractivity (Wildman–Crippen MR) is 115 cm³/mol. The van der Waals surface area contributed by atoms with E-state index >= 15 is 0 Å². The fourth-order valence-corrected chi connectivity index (χ4v) is 4.24. The number of fused-ring (bicyclic) bond motifs is 1. The normalized spacial score (nSPS) is 11.4. The highest BCUT2D eigenvalue weighted by atomic mass is 79.9. The molecule has 0 radical (unpaired) electrons. The minimum absolute atomic E-state index is 0.157. The molecule has 0 saturated carbocycles. The lowest BCUT2D eigenvalue weighted by Crippen LogP contribution is -2.25. The van der Waals surface area contributed by atoms with Crippen LogP contribution >= 0.6 is 15.9 Å². The average molecular weight is 472 g/mol. The number of carbonyl (C=O) groups is 1. The molecule has 3 aromatic heterocycles. The third kappa shape index (κ3) is 3.19. The van der Waals surface area contributed by atoms with Crippen LogP contribution in [0.3, 0.4) is 0 Å². The highest BCUT2D eigenvalue weighted by molar-refractivity contribution is 9.10. The molecule has 30 heavy (non-hydrogen) atoms. The summed E-state index contributed by atoms with van der Waals surface area (Å²) < 4.78 is 19.0. The van der Waals surface area contributed by atoms with E-state index in [-0.39, 0.29) is 23.7 Å². The Balaban J connectivity index is 1.72. The third-order valence-corrected chi connectivity index (χ3v) is 5.78. The van der Waals surface area contributed by atoms with Crippen molar-refractivity contribution in [1.29, 1.82) is 0 Å². The second-order valence-corrected chi connectivity index (χ2v) is 8.02. The smallest absolute Gasteiger partial charge is 0.266 e. The van der Waals surface area contributed by atoms with Gasteiger partial charge in [-0.25, -0.2) is 14.1 Å². The number of hydrogen-bond donors (Lipinski definition) is 0.